The summed E-state index contributed by atoms with van der Waals surface area (Å²) < 4.78 is 11.7. The highest BCUT2D eigenvalue weighted by Gasteiger charge is 2.19. The zero-order chi connectivity index (χ0) is 22.2. The summed E-state index contributed by atoms with van der Waals surface area (Å²) >= 11 is 18.5. The number of hydrogen-bond acceptors (Lipinski definition) is 4. The molecule has 8 heteroatoms. The lowest BCUT2D eigenvalue weighted by Crippen LogP contribution is -2.28. The van der Waals surface area contributed by atoms with Gasteiger partial charge < -0.3 is 19.7 Å². The summed E-state index contributed by atoms with van der Waals surface area (Å²) in [5.74, 6) is 1.49. The Balaban J connectivity index is 1.55. The van der Waals surface area contributed by atoms with Crippen molar-refractivity contribution in [2.24, 2.45) is 0 Å². The lowest BCUT2D eigenvalue weighted by atomic mass is 10.2. The number of likely N-dealkylation sites (tertiary alicyclic amines) is 1. The quantitative estimate of drug-likeness (QED) is 0.413. The number of benzene rings is 2. The Bertz CT molecular complexity index is 908. The van der Waals surface area contributed by atoms with Crippen molar-refractivity contribution in [2.75, 3.05) is 26.2 Å². The average molecular weight is 486 g/mol. The van der Waals surface area contributed by atoms with Crippen LogP contribution in [0.3, 0.4) is 0 Å². The minimum absolute atomic E-state index is 0.265. The van der Waals surface area contributed by atoms with Crippen molar-refractivity contribution in [1.82, 2.24) is 10.2 Å². The van der Waals surface area contributed by atoms with Gasteiger partial charge in [-0.3, -0.25) is 4.79 Å². The zero-order valence-electron chi connectivity index (χ0n) is 17.6. The third-order valence-corrected chi connectivity index (χ3v) is 6.15. The van der Waals surface area contributed by atoms with Gasteiger partial charge in [-0.25, -0.2) is 0 Å². The average Bonchev–Trinajstić information content (AvgIpc) is 3.16. The summed E-state index contributed by atoms with van der Waals surface area (Å²) in [6, 6.07) is 9.08. The van der Waals surface area contributed by atoms with Gasteiger partial charge in [-0.1, -0.05) is 40.9 Å². The molecule has 1 heterocycles. The van der Waals surface area contributed by atoms with Crippen LogP contribution in [-0.2, 0) is 17.9 Å². The van der Waals surface area contributed by atoms with E-state index in [0.717, 1.165) is 43.6 Å². The van der Waals surface area contributed by atoms with Crippen LogP contribution in [-0.4, -0.2) is 37.0 Å². The number of amides is 1. The second-order valence-corrected chi connectivity index (χ2v) is 8.60. The number of hydrogen-bond donors (Lipinski definition) is 1. The second-order valence-electron chi connectivity index (χ2n) is 7.38. The fraction of sp³-hybridized carbons (Fsp3) is 0.435. The van der Waals surface area contributed by atoms with Crippen molar-refractivity contribution < 1.29 is 14.3 Å². The molecule has 2 aromatic carbocycles. The van der Waals surface area contributed by atoms with E-state index in [4.69, 9.17) is 44.3 Å². The lowest BCUT2D eigenvalue weighted by Gasteiger charge is -2.17. The standard InChI is InChI=1S/C23H27Cl3N2O3/c1-2-30-21-12-17(14-27-8-4-10-28-9-3-5-23(28)29)19(25)13-22(21)31-15-16-6-7-18(24)20(26)11-16/h6-7,11-13,27H,2-5,8-10,14-15H2,1H3. The van der Waals surface area contributed by atoms with Crippen molar-refractivity contribution in [2.45, 2.75) is 39.3 Å². The molecule has 2 aromatic rings. The summed E-state index contributed by atoms with van der Waals surface area (Å²) in [6.45, 7) is 5.85. The van der Waals surface area contributed by atoms with Gasteiger partial charge >= 0.3 is 0 Å². The first-order chi connectivity index (χ1) is 15.0. The largest absolute Gasteiger partial charge is 0.490 e. The van der Waals surface area contributed by atoms with Crippen LogP contribution in [0.2, 0.25) is 15.1 Å². The van der Waals surface area contributed by atoms with E-state index in [0.29, 0.717) is 52.7 Å². The molecule has 1 aliphatic heterocycles. The third-order valence-electron chi connectivity index (χ3n) is 5.06. The van der Waals surface area contributed by atoms with Crippen LogP contribution in [0.25, 0.3) is 0 Å². The smallest absolute Gasteiger partial charge is 0.222 e. The molecule has 0 atom stereocenters. The van der Waals surface area contributed by atoms with Gasteiger partial charge in [0.15, 0.2) is 11.5 Å². The molecule has 0 radical (unpaired) electrons. The Morgan fingerprint density at radius 3 is 2.55 bits per heavy atom. The minimum atomic E-state index is 0.265. The number of carbonyl (C=O) groups is 1. The Morgan fingerprint density at radius 1 is 1.03 bits per heavy atom. The summed E-state index contributed by atoms with van der Waals surface area (Å²) in [5, 5.41) is 4.99. The topological polar surface area (TPSA) is 50.8 Å². The molecule has 0 spiro atoms. The Kier molecular flexibility index (Phi) is 9.15. The molecule has 0 bridgehead atoms. The Labute approximate surface area is 198 Å². The normalized spacial score (nSPS) is 13.7. The third kappa shape index (κ3) is 6.91. The molecule has 1 aliphatic rings. The fourth-order valence-corrected chi connectivity index (χ4v) is 3.98. The highest BCUT2D eigenvalue weighted by Crippen LogP contribution is 2.34. The van der Waals surface area contributed by atoms with Crippen LogP contribution in [0.4, 0.5) is 0 Å². The van der Waals surface area contributed by atoms with Gasteiger partial charge in [0.25, 0.3) is 0 Å². The Hall–Kier alpha value is -1.66. The SMILES string of the molecule is CCOc1cc(CNCCCN2CCCC2=O)c(Cl)cc1OCc1ccc(Cl)c(Cl)c1. The zero-order valence-corrected chi connectivity index (χ0v) is 19.8. The van der Waals surface area contributed by atoms with Gasteiger partial charge in [0.2, 0.25) is 5.91 Å². The molecule has 1 N–H and O–H groups in total. The number of nitrogens with one attached hydrogen (secondary N) is 1. The van der Waals surface area contributed by atoms with Crippen molar-refractivity contribution >= 4 is 40.7 Å². The molecule has 1 amide bonds. The van der Waals surface area contributed by atoms with Crippen LogP contribution < -0.4 is 14.8 Å². The van der Waals surface area contributed by atoms with Crippen LogP contribution in [0.5, 0.6) is 11.5 Å². The van der Waals surface area contributed by atoms with E-state index in [1.54, 1.807) is 18.2 Å². The summed E-state index contributed by atoms with van der Waals surface area (Å²) in [4.78, 5) is 13.6. The van der Waals surface area contributed by atoms with Crippen LogP contribution in [0.15, 0.2) is 30.3 Å². The summed E-state index contributed by atoms with van der Waals surface area (Å²) in [6.07, 6.45) is 2.57. The maximum Gasteiger partial charge on any atom is 0.222 e. The number of ether oxygens (including phenoxy) is 2. The van der Waals surface area contributed by atoms with E-state index < -0.39 is 0 Å². The molecule has 1 fully saturated rings. The van der Waals surface area contributed by atoms with Crippen molar-refractivity contribution in [1.29, 1.82) is 0 Å². The molecule has 0 aromatic heterocycles. The highest BCUT2D eigenvalue weighted by molar-refractivity contribution is 6.42. The van der Waals surface area contributed by atoms with E-state index in [-0.39, 0.29) is 5.91 Å². The number of halogens is 3. The highest BCUT2D eigenvalue weighted by atomic mass is 35.5. The molecule has 0 aliphatic carbocycles. The first-order valence-corrected chi connectivity index (χ1v) is 11.6. The molecule has 168 valence electrons. The first-order valence-electron chi connectivity index (χ1n) is 10.5. The molecule has 5 nitrogen and oxygen atoms in total. The van der Waals surface area contributed by atoms with Gasteiger partial charge in [-0.15, -0.1) is 0 Å². The second kappa shape index (κ2) is 11.8. The summed E-state index contributed by atoms with van der Waals surface area (Å²) in [7, 11) is 0. The van der Waals surface area contributed by atoms with Crippen LogP contribution in [0.1, 0.15) is 37.3 Å². The molecule has 0 saturated carbocycles. The van der Waals surface area contributed by atoms with Gasteiger partial charge in [0.05, 0.1) is 16.7 Å². The van der Waals surface area contributed by atoms with Gasteiger partial charge in [0.1, 0.15) is 6.61 Å². The minimum Gasteiger partial charge on any atom is -0.490 e. The first kappa shape index (κ1) is 24.0. The van der Waals surface area contributed by atoms with Crippen molar-refractivity contribution in [3.05, 3.63) is 56.5 Å². The molecule has 3 rings (SSSR count). The van der Waals surface area contributed by atoms with E-state index in [2.05, 4.69) is 5.32 Å². The molecular weight excluding hydrogens is 459 g/mol. The van der Waals surface area contributed by atoms with Crippen LogP contribution in [0, 0.1) is 0 Å². The van der Waals surface area contributed by atoms with Gasteiger partial charge in [0, 0.05) is 37.1 Å². The summed E-state index contributed by atoms with van der Waals surface area (Å²) in [5.41, 5.74) is 1.83. The predicted molar refractivity (Wildman–Crippen MR) is 126 cm³/mol. The fourth-order valence-electron chi connectivity index (χ4n) is 3.44. The van der Waals surface area contributed by atoms with Crippen molar-refractivity contribution in [3.8, 4) is 11.5 Å². The number of carbonyl (C=O) groups excluding carboxylic acids is 1. The number of nitrogens with zero attached hydrogens (tertiary/aromatic N) is 1. The monoisotopic (exact) mass is 484 g/mol. The maximum absolute atomic E-state index is 11.7. The van der Waals surface area contributed by atoms with Crippen molar-refractivity contribution in [3.63, 3.8) is 0 Å². The van der Waals surface area contributed by atoms with Gasteiger partial charge in [-0.05, 0) is 55.6 Å². The van der Waals surface area contributed by atoms with E-state index in [1.165, 1.54) is 0 Å². The molecule has 0 unspecified atom stereocenters. The molecule has 31 heavy (non-hydrogen) atoms. The molecular formula is C23H27Cl3N2O3. The van der Waals surface area contributed by atoms with E-state index in [1.807, 2.05) is 24.0 Å². The Morgan fingerprint density at radius 2 is 1.84 bits per heavy atom. The number of rotatable bonds is 11. The predicted octanol–water partition coefficient (Wildman–Crippen LogP) is 5.73. The van der Waals surface area contributed by atoms with Crippen LogP contribution >= 0.6 is 34.8 Å². The van der Waals surface area contributed by atoms with E-state index in [9.17, 15) is 4.79 Å². The molecule has 1 saturated heterocycles. The maximum atomic E-state index is 11.7. The van der Waals surface area contributed by atoms with Gasteiger partial charge in [-0.2, -0.15) is 0 Å². The van der Waals surface area contributed by atoms with E-state index >= 15 is 0 Å². The lowest BCUT2D eigenvalue weighted by molar-refractivity contribution is -0.127.